The van der Waals surface area contributed by atoms with Crippen molar-refractivity contribution in [3.8, 4) is 5.75 Å². The third-order valence-corrected chi connectivity index (χ3v) is 3.04. The zero-order chi connectivity index (χ0) is 14.4. The van der Waals surface area contributed by atoms with Crippen LogP contribution < -0.4 is 10.1 Å². The molecule has 0 fully saturated rings. The SMILES string of the molecule is COc1ccccc1CCC(=O)NC(C)c1ncn[nH]1. The molecule has 106 valence electrons. The van der Waals surface area contributed by atoms with Crippen molar-refractivity contribution in [1.29, 1.82) is 0 Å². The summed E-state index contributed by atoms with van der Waals surface area (Å²) in [6.45, 7) is 1.86. The maximum atomic E-state index is 11.9. The Balaban J connectivity index is 1.86. The van der Waals surface area contributed by atoms with Crippen LogP contribution in [0.25, 0.3) is 0 Å². The number of rotatable bonds is 6. The van der Waals surface area contributed by atoms with Crippen molar-refractivity contribution in [2.45, 2.75) is 25.8 Å². The summed E-state index contributed by atoms with van der Waals surface area (Å²) in [6.07, 6.45) is 2.46. The van der Waals surface area contributed by atoms with E-state index in [1.807, 2.05) is 31.2 Å². The summed E-state index contributed by atoms with van der Waals surface area (Å²) >= 11 is 0. The Labute approximate surface area is 117 Å². The summed E-state index contributed by atoms with van der Waals surface area (Å²) in [7, 11) is 1.63. The number of para-hydroxylation sites is 1. The molecule has 2 rings (SSSR count). The first-order valence-electron chi connectivity index (χ1n) is 6.47. The van der Waals surface area contributed by atoms with Gasteiger partial charge in [0.05, 0.1) is 13.2 Å². The van der Waals surface area contributed by atoms with Crippen molar-refractivity contribution in [2.75, 3.05) is 7.11 Å². The molecule has 1 unspecified atom stereocenters. The molecular weight excluding hydrogens is 256 g/mol. The summed E-state index contributed by atoms with van der Waals surface area (Å²) in [5.74, 6) is 1.43. The van der Waals surface area contributed by atoms with Crippen molar-refractivity contribution in [2.24, 2.45) is 0 Å². The molecule has 0 aliphatic rings. The molecule has 2 N–H and O–H groups in total. The first-order valence-corrected chi connectivity index (χ1v) is 6.47. The van der Waals surface area contributed by atoms with Gasteiger partial charge in [0, 0.05) is 6.42 Å². The number of carbonyl (C=O) groups excluding carboxylic acids is 1. The molecule has 0 bridgehead atoms. The van der Waals surface area contributed by atoms with Crippen molar-refractivity contribution in [3.63, 3.8) is 0 Å². The topological polar surface area (TPSA) is 79.9 Å². The Morgan fingerprint density at radius 2 is 2.25 bits per heavy atom. The van der Waals surface area contributed by atoms with Crippen LogP contribution in [0, 0.1) is 0 Å². The van der Waals surface area contributed by atoms with Gasteiger partial charge in [-0.1, -0.05) is 18.2 Å². The molecule has 1 aromatic heterocycles. The van der Waals surface area contributed by atoms with Crippen LogP contribution in [0.1, 0.15) is 30.8 Å². The summed E-state index contributed by atoms with van der Waals surface area (Å²) < 4.78 is 5.26. The lowest BCUT2D eigenvalue weighted by molar-refractivity contribution is -0.121. The van der Waals surface area contributed by atoms with Crippen molar-refractivity contribution < 1.29 is 9.53 Å². The van der Waals surface area contributed by atoms with Crippen LogP contribution in [0.15, 0.2) is 30.6 Å². The van der Waals surface area contributed by atoms with E-state index in [0.717, 1.165) is 11.3 Å². The minimum Gasteiger partial charge on any atom is -0.496 e. The van der Waals surface area contributed by atoms with E-state index in [-0.39, 0.29) is 11.9 Å². The van der Waals surface area contributed by atoms with E-state index < -0.39 is 0 Å². The normalized spacial score (nSPS) is 11.9. The Kier molecular flexibility index (Phi) is 4.70. The Morgan fingerprint density at radius 3 is 2.95 bits per heavy atom. The molecule has 0 saturated carbocycles. The van der Waals surface area contributed by atoms with Crippen molar-refractivity contribution >= 4 is 5.91 Å². The Morgan fingerprint density at radius 1 is 1.45 bits per heavy atom. The van der Waals surface area contributed by atoms with E-state index in [9.17, 15) is 4.79 Å². The zero-order valence-electron chi connectivity index (χ0n) is 11.6. The molecule has 1 atom stereocenters. The Hall–Kier alpha value is -2.37. The number of nitrogens with one attached hydrogen (secondary N) is 2. The lowest BCUT2D eigenvalue weighted by Crippen LogP contribution is -2.27. The van der Waals surface area contributed by atoms with Crippen LogP contribution in [0.5, 0.6) is 5.75 Å². The lowest BCUT2D eigenvalue weighted by Gasteiger charge is -2.12. The van der Waals surface area contributed by atoms with Gasteiger partial charge < -0.3 is 10.1 Å². The number of H-pyrrole nitrogens is 1. The molecule has 2 aromatic rings. The zero-order valence-corrected chi connectivity index (χ0v) is 11.6. The number of aromatic nitrogens is 3. The summed E-state index contributed by atoms with van der Waals surface area (Å²) in [4.78, 5) is 15.9. The third kappa shape index (κ3) is 3.57. The molecule has 1 aromatic carbocycles. The average molecular weight is 274 g/mol. The fourth-order valence-corrected chi connectivity index (χ4v) is 1.96. The largest absolute Gasteiger partial charge is 0.496 e. The van der Waals surface area contributed by atoms with E-state index in [1.54, 1.807) is 7.11 Å². The van der Waals surface area contributed by atoms with Gasteiger partial charge in [-0.25, -0.2) is 4.98 Å². The van der Waals surface area contributed by atoms with Crippen molar-refractivity contribution in [3.05, 3.63) is 42.0 Å². The summed E-state index contributed by atoms with van der Waals surface area (Å²) in [5, 5.41) is 9.38. The second kappa shape index (κ2) is 6.70. The van der Waals surface area contributed by atoms with Gasteiger partial charge in [0.25, 0.3) is 0 Å². The van der Waals surface area contributed by atoms with Crippen LogP contribution in [0.4, 0.5) is 0 Å². The third-order valence-electron chi connectivity index (χ3n) is 3.04. The van der Waals surface area contributed by atoms with Gasteiger partial charge >= 0.3 is 0 Å². The first kappa shape index (κ1) is 14.0. The number of amides is 1. The van der Waals surface area contributed by atoms with Crippen LogP contribution in [0.2, 0.25) is 0 Å². The van der Waals surface area contributed by atoms with Gasteiger partial charge in [-0.05, 0) is 25.0 Å². The Bertz CT molecular complexity index is 554. The number of ether oxygens (including phenoxy) is 1. The van der Waals surface area contributed by atoms with E-state index in [4.69, 9.17) is 4.74 Å². The van der Waals surface area contributed by atoms with Crippen LogP contribution >= 0.6 is 0 Å². The van der Waals surface area contributed by atoms with Gasteiger partial charge in [0.15, 0.2) is 0 Å². The molecular formula is C14H18N4O2. The maximum absolute atomic E-state index is 11.9. The monoisotopic (exact) mass is 274 g/mol. The predicted octanol–water partition coefficient (Wildman–Crippen LogP) is 1.62. The first-order chi connectivity index (χ1) is 9.70. The highest BCUT2D eigenvalue weighted by molar-refractivity contribution is 5.76. The van der Waals surface area contributed by atoms with Gasteiger partial charge in [-0.2, -0.15) is 5.10 Å². The quantitative estimate of drug-likeness (QED) is 0.839. The number of methoxy groups -OCH3 is 1. The fourth-order valence-electron chi connectivity index (χ4n) is 1.96. The minimum atomic E-state index is -0.178. The molecule has 1 amide bonds. The number of benzene rings is 1. The smallest absolute Gasteiger partial charge is 0.220 e. The average Bonchev–Trinajstić information content (AvgIpc) is 2.99. The molecule has 0 aliphatic carbocycles. The molecule has 20 heavy (non-hydrogen) atoms. The highest BCUT2D eigenvalue weighted by Crippen LogP contribution is 2.18. The van der Waals surface area contributed by atoms with Crippen LogP contribution in [0.3, 0.4) is 0 Å². The number of hydrogen-bond acceptors (Lipinski definition) is 4. The number of nitrogens with zero attached hydrogens (tertiary/aromatic N) is 2. The van der Waals surface area contributed by atoms with Crippen LogP contribution in [-0.2, 0) is 11.2 Å². The summed E-state index contributed by atoms with van der Waals surface area (Å²) in [6, 6.07) is 7.53. The predicted molar refractivity (Wildman–Crippen MR) is 74.3 cm³/mol. The second-order valence-corrected chi connectivity index (χ2v) is 4.47. The fraction of sp³-hybridized carbons (Fsp3) is 0.357. The van der Waals surface area contributed by atoms with Gasteiger partial charge in [-0.3, -0.25) is 9.89 Å². The molecule has 0 spiro atoms. The van der Waals surface area contributed by atoms with E-state index in [0.29, 0.717) is 18.7 Å². The van der Waals surface area contributed by atoms with Gasteiger partial charge in [0.1, 0.15) is 17.9 Å². The molecule has 6 nitrogen and oxygen atoms in total. The highest BCUT2D eigenvalue weighted by atomic mass is 16.5. The summed E-state index contributed by atoms with van der Waals surface area (Å²) in [5.41, 5.74) is 1.03. The number of hydrogen-bond donors (Lipinski definition) is 2. The number of aromatic amines is 1. The molecule has 0 saturated heterocycles. The number of aryl methyl sites for hydroxylation is 1. The molecule has 0 radical (unpaired) electrons. The standard InChI is InChI=1S/C14H18N4O2/c1-10(14-15-9-16-18-14)17-13(19)8-7-11-5-3-4-6-12(11)20-2/h3-6,9-10H,7-8H2,1-2H3,(H,17,19)(H,15,16,18). The molecule has 1 heterocycles. The number of carbonyl (C=O) groups is 1. The molecule has 6 heteroatoms. The molecule has 0 aliphatic heterocycles. The second-order valence-electron chi connectivity index (χ2n) is 4.47. The maximum Gasteiger partial charge on any atom is 0.220 e. The van der Waals surface area contributed by atoms with Crippen molar-refractivity contribution in [1.82, 2.24) is 20.5 Å². The van der Waals surface area contributed by atoms with Gasteiger partial charge in [0.2, 0.25) is 5.91 Å². The van der Waals surface area contributed by atoms with Gasteiger partial charge in [-0.15, -0.1) is 0 Å². The van der Waals surface area contributed by atoms with E-state index in [1.165, 1.54) is 6.33 Å². The van der Waals surface area contributed by atoms with Crippen LogP contribution in [-0.4, -0.2) is 28.2 Å². The van der Waals surface area contributed by atoms with E-state index in [2.05, 4.69) is 20.5 Å². The highest BCUT2D eigenvalue weighted by Gasteiger charge is 2.12. The van der Waals surface area contributed by atoms with E-state index >= 15 is 0 Å². The minimum absolute atomic E-state index is 0.0280. The lowest BCUT2D eigenvalue weighted by atomic mass is 10.1.